The first-order valence-electron chi connectivity index (χ1n) is 3.94. The topological polar surface area (TPSA) is 82.3 Å². The van der Waals surface area contributed by atoms with Gasteiger partial charge in [-0.1, -0.05) is 0 Å². The molecule has 5 N–H and O–H groups in total. The number of rotatable bonds is 1. The van der Waals surface area contributed by atoms with Gasteiger partial charge in [0.1, 0.15) is 0 Å². The van der Waals surface area contributed by atoms with Crippen LogP contribution < -0.4 is 5.73 Å². The van der Waals surface area contributed by atoms with Gasteiger partial charge < -0.3 is 20.9 Å². The zero-order chi connectivity index (χ0) is 9.42. The van der Waals surface area contributed by atoms with E-state index in [1.54, 1.807) is 6.20 Å². The van der Waals surface area contributed by atoms with E-state index in [0.29, 0.717) is 6.54 Å². The second-order valence-corrected chi connectivity index (χ2v) is 2.90. The summed E-state index contributed by atoms with van der Waals surface area (Å²) in [6.07, 6.45) is 1.77. The Kier molecular flexibility index (Phi) is 1.63. The van der Waals surface area contributed by atoms with Crippen molar-refractivity contribution in [1.29, 1.82) is 0 Å². The van der Waals surface area contributed by atoms with Crippen LogP contribution in [-0.2, 0) is 6.54 Å². The molecule has 0 unspecified atom stereocenters. The first kappa shape index (κ1) is 7.94. The molecule has 0 fully saturated rings. The van der Waals surface area contributed by atoms with Gasteiger partial charge in [0.2, 0.25) is 0 Å². The molecule has 0 radical (unpaired) electrons. The number of phenolic OH excluding ortho intramolecular Hbond substituents is 2. The van der Waals surface area contributed by atoms with Crippen LogP contribution in [0.1, 0.15) is 5.56 Å². The maximum Gasteiger partial charge on any atom is 0.159 e. The van der Waals surface area contributed by atoms with Crippen molar-refractivity contribution in [3.05, 3.63) is 23.9 Å². The van der Waals surface area contributed by atoms with Crippen molar-refractivity contribution >= 4 is 10.9 Å². The van der Waals surface area contributed by atoms with Gasteiger partial charge >= 0.3 is 0 Å². The van der Waals surface area contributed by atoms with E-state index in [1.807, 2.05) is 0 Å². The van der Waals surface area contributed by atoms with Gasteiger partial charge in [0.15, 0.2) is 11.5 Å². The molecule has 2 rings (SSSR count). The van der Waals surface area contributed by atoms with Crippen LogP contribution in [0.2, 0.25) is 0 Å². The van der Waals surface area contributed by atoms with E-state index >= 15 is 0 Å². The predicted octanol–water partition coefficient (Wildman–Crippen LogP) is 1.04. The van der Waals surface area contributed by atoms with E-state index in [4.69, 9.17) is 5.73 Å². The number of hydrogen-bond acceptors (Lipinski definition) is 3. The van der Waals surface area contributed by atoms with Crippen LogP contribution in [0.3, 0.4) is 0 Å². The second-order valence-electron chi connectivity index (χ2n) is 2.90. The largest absolute Gasteiger partial charge is 0.504 e. The third kappa shape index (κ3) is 1.11. The van der Waals surface area contributed by atoms with Gasteiger partial charge in [-0.3, -0.25) is 0 Å². The third-order valence-corrected chi connectivity index (χ3v) is 2.08. The van der Waals surface area contributed by atoms with E-state index in [0.717, 1.165) is 16.5 Å². The zero-order valence-electron chi connectivity index (χ0n) is 6.91. The van der Waals surface area contributed by atoms with Gasteiger partial charge in [-0.25, -0.2) is 0 Å². The summed E-state index contributed by atoms with van der Waals surface area (Å²) < 4.78 is 0. The lowest BCUT2D eigenvalue weighted by molar-refractivity contribution is 0.405. The number of phenols is 2. The van der Waals surface area contributed by atoms with Gasteiger partial charge in [-0.05, 0) is 11.6 Å². The number of aromatic amines is 1. The highest BCUT2D eigenvalue weighted by atomic mass is 16.3. The van der Waals surface area contributed by atoms with E-state index in [9.17, 15) is 10.2 Å². The molecule has 1 heterocycles. The molecule has 68 valence electrons. The van der Waals surface area contributed by atoms with E-state index in [2.05, 4.69) is 4.98 Å². The van der Waals surface area contributed by atoms with Crippen molar-refractivity contribution in [2.24, 2.45) is 5.73 Å². The summed E-state index contributed by atoms with van der Waals surface area (Å²) in [7, 11) is 0. The number of aromatic nitrogens is 1. The summed E-state index contributed by atoms with van der Waals surface area (Å²) >= 11 is 0. The molecule has 1 aromatic heterocycles. The van der Waals surface area contributed by atoms with Gasteiger partial charge in [-0.15, -0.1) is 0 Å². The number of nitrogens with two attached hydrogens (primary N) is 1. The highest BCUT2D eigenvalue weighted by Gasteiger charge is 2.06. The molecule has 0 aliphatic carbocycles. The molecule has 0 saturated heterocycles. The minimum atomic E-state index is -0.127. The maximum absolute atomic E-state index is 9.25. The van der Waals surface area contributed by atoms with Crippen molar-refractivity contribution in [3.8, 4) is 11.5 Å². The van der Waals surface area contributed by atoms with Gasteiger partial charge in [-0.2, -0.15) is 0 Å². The van der Waals surface area contributed by atoms with Crippen LogP contribution in [0.25, 0.3) is 10.9 Å². The van der Waals surface area contributed by atoms with Crippen LogP contribution in [0.4, 0.5) is 0 Å². The summed E-state index contributed by atoms with van der Waals surface area (Å²) in [6, 6.07) is 2.98. The number of nitrogens with one attached hydrogen (secondary N) is 1. The Bertz CT molecular complexity index is 448. The Hall–Kier alpha value is -1.68. The van der Waals surface area contributed by atoms with Crippen molar-refractivity contribution in [1.82, 2.24) is 4.98 Å². The number of benzene rings is 1. The van der Waals surface area contributed by atoms with Crippen molar-refractivity contribution < 1.29 is 10.2 Å². The average Bonchev–Trinajstić information content (AvgIpc) is 2.48. The fraction of sp³-hybridized carbons (Fsp3) is 0.111. The molecule has 0 bridgehead atoms. The Balaban J connectivity index is 2.77. The zero-order valence-corrected chi connectivity index (χ0v) is 6.91. The fourth-order valence-corrected chi connectivity index (χ4v) is 1.37. The first-order chi connectivity index (χ1) is 6.22. The number of hydrogen-bond donors (Lipinski definition) is 4. The number of fused-ring (bicyclic) bond motifs is 1. The van der Waals surface area contributed by atoms with Crippen molar-refractivity contribution in [2.45, 2.75) is 6.54 Å². The van der Waals surface area contributed by atoms with Crippen molar-refractivity contribution in [2.75, 3.05) is 0 Å². The standard InChI is InChI=1S/C9H10N2O2/c10-3-5-4-11-7-2-9(13)8(12)1-6(5)7/h1-2,4,11-13H,3,10H2. The molecule has 0 spiro atoms. The van der Waals surface area contributed by atoms with E-state index < -0.39 is 0 Å². The quantitative estimate of drug-likeness (QED) is 0.492. The molecule has 0 saturated carbocycles. The molecule has 4 nitrogen and oxygen atoms in total. The van der Waals surface area contributed by atoms with Crippen LogP contribution in [0.5, 0.6) is 11.5 Å². The molecular weight excluding hydrogens is 168 g/mol. The van der Waals surface area contributed by atoms with E-state index in [1.165, 1.54) is 12.1 Å². The fourth-order valence-electron chi connectivity index (χ4n) is 1.37. The first-order valence-corrected chi connectivity index (χ1v) is 3.94. The smallest absolute Gasteiger partial charge is 0.159 e. The van der Waals surface area contributed by atoms with Crippen LogP contribution in [-0.4, -0.2) is 15.2 Å². The summed E-state index contributed by atoms with van der Waals surface area (Å²) in [4.78, 5) is 2.96. The molecule has 0 atom stereocenters. The van der Waals surface area contributed by atoms with Crippen LogP contribution in [0, 0.1) is 0 Å². The Labute approximate surface area is 74.6 Å². The van der Waals surface area contributed by atoms with E-state index in [-0.39, 0.29) is 11.5 Å². The van der Waals surface area contributed by atoms with Gasteiger partial charge in [0.25, 0.3) is 0 Å². The summed E-state index contributed by atoms with van der Waals surface area (Å²) in [5.41, 5.74) is 7.18. The van der Waals surface area contributed by atoms with Gasteiger partial charge in [0, 0.05) is 29.7 Å². The molecule has 2 aromatic rings. The Morgan fingerprint density at radius 3 is 2.62 bits per heavy atom. The maximum atomic E-state index is 9.25. The number of aromatic hydroxyl groups is 2. The van der Waals surface area contributed by atoms with Crippen LogP contribution in [0.15, 0.2) is 18.3 Å². The van der Waals surface area contributed by atoms with Gasteiger partial charge in [0.05, 0.1) is 0 Å². The van der Waals surface area contributed by atoms with Crippen molar-refractivity contribution in [3.63, 3.8) is 0 Å². The summed E-state index contributed by atoms with van der Waals surface area (Å²) in [5, 5.41) is 19.3. The number of H-pyrrole nitrogens is 1. The molecule has 0 aliphatic heterocycles. The molecular formula is C9H10N2O2. The SMILES string of the molecule is NCc1c[nH]c2cc(O)c(O)cc12. The minimum Gasteiger partial charge on any atom is -0.504 e. The molecule has 0 aliphatic rings. The molecule has 4 heteroatoms. The molecule has 0 amide bonds. The normalized spacial score (nSPS) is 10.8. The molecule has 13 heavy (non-hydrogen) atoms. The average molecular weight is 178 g/mol. The lowest BCUT2D eigenvalue weighted by Crippen LogP contribution is -1.93. The molecule has 1 aromatic carbocycles. The lowest BCUT2D eigenvalue weighted by Gasteiger charge is -1.98. The second kappa shape index (κ2) is 2.67. The Morgan fingerprint density at radius 1 is 1.23 bits per heavy atom. The monoisotopic (exact) mass is 178 g/mol. The highest BCUT2D eigenvalue weighted by molar-refractivity contribution is 5.86. The Morgan fingerprint density at radius 2 is 1.92 bits per heavy atom. The lowest BCUT2D eigenvalue weighted by atomic mass is 10.1. The predicted molar refractivity (Wildman–Crippen MR) is 49.5 cm³/mol. The minimum absolute atomic E-state index is 0.123. The highest BCUT2D eigenvalue weighted by Crippen LogP contribution is 2.31. The summed E-state index contributed by atoms with van der Waals surface area (Å²) in [6.45, 7) is 0.407. The summed E-state index contributed by atoms with van der Waals surface area (Å²) in [5.74, 6) is -0.250. The third-order valence-electron chi connectivity index (χ3n) is 2.08. The van der Waals surface area contributed by atoms with Crippen LogP contribution >= 0.6 is 0 Å².